The van der Waals surface area contributed by atoms with Gasteiger partial charge >= 0.3 is 6.18 Å². The number of hydrogen-bond donors (Lipinski definition) is 3. The molecule has 16 heavy (non-hydrogen) atoms. The predicted molar refractivity (Wildman–Crippen MR) is 52.9 cm³/mol. The van der Waals surface area contributed by atoms with Crippen LogP contribution >= 0.6 is 0 Å². The van der Waals surface area contributed by atoms with Gasteiger partial charge in [-0.3, -0.25) is 0 Å². The summed E-state index contributed by atoms with van der Waals surface area (Å²) in [7, 11) is 0. The summed E-state index contributed by atoms with van der Waals surface area (Å²) < 4.78 is 37.1. The van der Waals surface area contributed by atoms with Crippen molar-refractivity contribution in [2.75, 3.05) is 6.61 Å². The van der Waals surface area contributed by atoms with Crippen molar-refractivity contribution >= 4 is 0 Å². The highest BCUT2D eigenvalue weighted by atomic mass is 19.4. The maximum atomic E-state index is 12.4. The first kappa shape index (κ1) is 15.7. The van der Waals surface area contributed by atoms with Crippen molar-refractivity contribution in [1.82, 2.24) is 0 Å². The Hall–Kier alpha value is -0.330. The Balaban J connectivity index is 4.26. The second kappa shape index (κ2) is 6.42. The second-order valence-corrected chi connectivity index (χ2v) is 3.95. The molecule has 0 aliphatic heterocycles. The van der Waals surface area contributed by atoms with Crippen LogP contribution in [0.4, 0.5) is 13.2 Å². The van der Waals surface area contributed by atoms with Gasteiger partial charge in [-0.1, -0.05) is 32.6 Å². The van der Waals surface area contributed by atoms with Crippen LogP contribution in [0.15, 0.2) is 0 Å². The number of unbranched alkanes of at least 4 members (excludes halogenated alkanes) is 3. The number of aliphatic hydroxyl groups is 3. The van der Waals surface area contributed by atoms with E-state index in [4.69, 9.17) is 10.2 Å². The maximum Gasteiger partial charge on any atom is 0.422 e. The van der Waals surface area contributed by atoms with E-state index in [9.17, 15) is 18.3 Å². The smallest absolute Gasteiger partial charge is 0.393 e. The molecule has 0 aromatic rings. The quantitative estimate of drug-likeness (QED) is 0.596. The standard InChI is InChI=1S/C10H19F3O3/c1-2-3-4-5-6-8(15)9(16,7-14)10(11,12)13/h8,14-16H,2-7H2,1H3/t8-,9-/m1/s1. The Labute approximate surface area is 92.9 Å². The molecule has 0 aromatic heterocycles. The Morgan fingerprint density at radius 3 is 2.06 bits per heavy atom. The van der Waals surface area contributed by atoms with Crippen LogP contribution in [0.3, 0.4) is 0 Å². The fourth-order valence-electron chi connectivity index (χ4n) is 1.39. The Morgan fingerprint density at radius 2 is 1.69 bits per heavy atom. The van der Waals surface area contributed by atoms with E-state index in [-0.39, 0.29) is 6.42 Å². The lowest BCUT2D eigenvalue weighted by Gasteiger charge is -2.32. The van der Waals surface area contributed by atoms with E-state index in [2.05, 4.69) is 0 Å². The molecule has 2 atom stereocenters. The molecule has 6 heteroatoms. The molecular formula is C10H19F3O3. The van der Waals surface area contributed by atoms with E-state index >= 15 is 0 Å². The minimum Gasteiger partial charge on any atom is -0.393 e. The summed E-state index contributed by atoms with van der Waals surface area (Å²) in [5.74, 6) is 0. The molecular weight excluding hydrogens is 225 g/mol. The maximum absolute atomic E-state index is 12.4. The molecule has 3 nitrogen and oxygen atoms in total. The summed E-state index contributed by atoms with van der Waals surface area (Å²) in [6.45, 7) is 0.432. The molecule has 0 unspecified atom stereocenters. The zero-order chi connectivity index (χ0) is 12.8. The third-order valence-electron chi connectivity index (χ3n) is 2.61. The molecule has 0 aliphatic carbocycles. The van der Waals surface area contributed by atoms with Gasteiger partial charge in [0, 0.05) is 0 Å². The highest BCUT2D eigenvalue weighted by Gasteiger charge is 2.57. The number of halogens is 3. The number of alkyl halides is 3. The van der Waals surface area contributed by atoms with Crippen molar-refractivity contribution in [2.45, 2.75) is 56.9 Å². The average Bonchev–Trinajstić information content (AvgIpc) is 2.21. The van der Waals surface area contributed by atoms with Gasteiger partial charge in [-0.2, -0.15) is 13.2 Å². The van der Waals surface area contributed by atoms with E-state index in [1.807, 2.05) is 6.92 Å². The normalized spacial score (nSPS) is 18.2. The molecule has 0 spiro atoms. The fourth-order valence-corrected chi connectivity index (χ4v) is 1.39. The summed E-state index contributed by atoms with van der Waals surface area (Å²) in [5, 5.41) is 27.0. The van der Waals surface area contributed by atoms with Crippen molar-refractivity contribution < 1.29 is 28.5 Å². The molecule has 0 fully saturated rings. The van der Waals surface area contributed by atoms with E-state index < -0.39 is 24.5 Å². The monoisotopic (exact) mass is 244 g/mol. The summed E-state index contributed by atoms with van der Waals surface area (Å²) >= 11 is 0. The van der Waals surface area contributed by atoms with Gasteiger partial charge in [-0.25, -0.2) is 0 Å². The van der Waals surface area contributed by atoms with E-state index in [0.29, 0.717) is 12.8 Å². The van der Waals surface area contributed by atoms with E-state index in [1.54, 1.807) is 0 Å². The molecule has 0 bridgehead atoms. The average molecular weight is 244 g/mol. The zero-order valence-corrected chi connectivity index (χ0v) is 9.30. The lowest BCUT2D eigenvalue weighted by molar-refractivity contribution is -0.301. The van der Waals surface area contributed by atoms with Crippen LogP contribution < -0.4 is 0 Å². The highest BCUT2D eigenvalue weighted by Crippen LogP contribution is 2.34. The first-order valence-corrected chi connectivity index (χ1v) is 5.37. The second-order valence-electron chi connectivity index (χ2n) is 3.95. The lowest BCUT2D eigenvalue weighted by atomic mass is 9.92. The SMILES string of the molecule is CCCCCC[C@@H](O)[C@](O)(CO)C(F)(F)F. The van der Waals surface area contributed by atoms with E-state index in [1.165, 1.54) is 0 Å². The molecule has 98 valence electrons. The topological polar surface area (TPSA) is 60.7 Å². The third-order valence-corrected chi connectivity index (χ3v) is 2.61. The molecule has 0 heterocycles. The molecule has 0 rings (SSSR count). The van der Waals surface area contributed by atoms with Gasteiger partial charge in [0.1, 0.15) is 0 Å². The molecule has 3 N–H and O–H groups in total. The Kier molecular flexibility index (Phi) is 6.28. The van der Waals surface area contributed by atoms with Crippen molar-refractivity contribution in [3.05, 3.63) is 0 Å². The minimum absolute atomic E-state index is 0.170. The van der Waals surface area contributed by atoms with E-state index in [0.717, 1.165) is 12.8 Å². The highest BCUT2D eigenvalue weighted by molar-refractivity contribution is 4.92. The van der Waals surface area contributed by atoms with Crippen LogP contribution in [-0.2, 0) is 0 Å². The predicted octanol–water partition coefficient (Wildman–Crippen LogP) is 1.60. The van der Waals surface area contributed by atoms with Crippen LogP contribution in [0.5, 0.6) is 0 Å². The molecule has 0 amide bonds. The van der Waals surface area contributed by atoms with Crippen molar-refractivity contribution in [3.63, 3.8) is 0 Å². The van der Waals surface area contributed by atoms with Gasteiger partial charge in [0.05, 0.1) is 12.7 Å². The first-order valence-electron chi connectivity index (χ1n) is 5.37. The van der Waals surface area contributed by atoms with Crippen molar-refractivity contribution in [3.8, 4) is 0 Å². The summed E-state index contributed by atoms with van der Waals surface area (Å²) in [6.07, 6.45) is -4.27. The van der Waals surface area contributed by atoms with Gasteiger partial charge in [0.15, 0.2) is 0 Å². The number of hydrogen-bond acceptors (Lipinski definition) is 3. The summed E-state index contributed by atoms with van der Waals surface area (Å²) in [5.41, 5.74) is -3.40. The summed E-state index contributed by atoms with van der Waals surface area (Å²) in [4.78, 5) is 0. The Bertz CT molecular complexity index is 196. The molecule has 0 saturated heterocycles. The van der Waals surface area contributed by atoms with Gasteiger partial charge in [0.25, 0.3) is 0 Å². The lowest BCUT2D eigenvalue weighted by Crippen LogP contribution is -2.57. The number of rotatable bonds is 7. The van der Waals surface area contributed by atoms with Crippen molar-refractivity contribution in [2.24, 2.45) is 0 Å². The van der Waals surface area contributed by atoms with Crippen LogP contribution in [0.2, 0.25) is 0 Å². The molecule has 0 aromatic carbocycles. The number of aliphatic hydroxyl groups excluding tert-OH is 2. The Morgan fingerprint density at radius 1 is 1.12 bits per heavy atom. The molecule has 0 aliphatic rings. The van der Waals surface area contributed by atoms with Gasteiger partial charge in [-0.15, -0.1) is 0 Å². The van der Waals surface area contributed by atoms with Crippen LogP contribution in [0.25, 0.3) is 0 Å². The van der Waals surface area contributed by atoms with Gasteiger partial charge < -0.3 is 15.3 Å². The summed E-state index contributed by atoms with van der Waals surface area (Å²) in [6, 6.07) is 0. The van der Waals surface area contributed by atoms with Crippen LogP contribution in [-0.4, -0.2) is 39.8 Å². The third kappa shape index (κ3) is 3.92. The van der Waals surface area contributed by atoms with Gasteiger partial charge in [-0.05, 0) is 6.42 Å². The van der Waals surface area contributed by atoms with Crippen LogP contribution in [0.1, 0.15) is 39.0 Å². The van der Waals surface area contributed by atoms with Gasteiger partial charge in [0.2, 0.25) is 5.60 Å². The van der Waals surface area contributed by atoms with Crippen molar-refractivity contribution in [1.29, 1.82) is 0 Å². The minimum atomic E-state index is -5.02. The molecule has 0 radical (unpaired) electrons. The zero-order valence-electron chi connectivity index (χ0n) is 9.30. The first-order chi connectivity index (χ1) is 7.29. The largest absolute Gasteiger partial charge is 0.422 e. The van der Waals surface area contributed by atoms with Crippen LogP contribution in [0, 0.1) is 0 Å². The fraction of sp³-hybridized carbons (Fsp3) is 1.00. The molecule has 0 saturated carbocycles.